The molecule has 8 nitrogen and oxygen atoms in total. The number of carbonyl (C=O) groups excluding carboxylic acids is 1. The number of hydrogen-bond acceptors (Lipinski definition) is 5. The number of nitrogens with zero attached hydrogens (tertiary/aromatic N) is 5. The number of carbonyl (C=O) groups is 1. The first kappa shape index (κ1) is 18.6. The molecule has 1 aliphatic rings. The highest BCUT2D eigenvalue weighted by Gasteiger charge is 2.34. The molecule has 1 fully saturated rings. The third-order valence-corrected chi connectivity index (χ3v) is 5.48. The molecule has 146 valence electrons. The topological polar surface area (TPSA) is 93.2 Å². The number of fused-ring (bicyclic) bond motifs is 1. The Morgan fingerprint density at radius 2 is 1.93 bits per heavy atom. The molecule has 2 aromatic heterocycles. The maximum Gasteiger partial charge on any atom is 0.264 e. The van der Waals surface area contributed by atoms with E-state index >= 15 is 0 Å². The van der Waals surface area contributed by atoms with Gasteiger partial charge in [-0.25, -0.2) is 9.67 Å². The van der Waals surface area contributed by atoms with E-state index in [-0.39, 0.29) is 18.0 Å². The minimum absolute atomic E-state index is 0.00285. The number of benzene rings is 1. The number of hydrogen-bond donors (Lipinski definition) is 1. The minimum atomic E-state index is -1.04. The number of piperidine rings is 1. The van der Waals surface area contributed by atoms with Gasteiger partial charge in [0, 0.05) is 25.0 Å². The SMILES string of the molecule is CC(=O)N1CCC(O)(Cn2cnc3c(cnn3-c3ccc(Cl)cc3)c2=O)CC1. The standard InChI is InChI=1S/C19H20ClN5O3/c1-13(26)23-8-6-19(28,7-9-23)11-24-12-21-17-16(18(24)27)10-22-25(17)15-4-2-14(20)3-5-15/h2-5,10,12,28H,6-9,11H2,1H3. The maximum atomic E-state index is 12.9. The highest BCUT2D eigenvalue weighted by molar-refractivity contribution is 6.30. The van der Waals surface area contributed by atoms with Gasteiger partial charge in [-0.3, -0.25) is 14.2 Å². The monoisotopic (exact) mass is 401 g/mol. The van der Waals surface area contributed by atoms with Gasteiger partial charge in [0.1, 0.15) is 11.7 Å². The third kappa shape index (κ3) is 3.41. The molecule has 0 radical (unpaired) electrons. The lowest BCUT2D eigenvalue weighted by Gasteiger charge is -2.38. The molecule has 3 heterocycles. The molecule has 0 saturated carbocycles. The summed E-state index contributed by atoms with van der Waals surface area (Å²) < 4.78 is 3.00. The van der Waals surface area contributed by atoms with Crippen LogP contribution in [0.5, 0.6) is 0 Å². The minimum Gasteiger partial charge on any atom is -0.388 e. The number of rotatable bonds is 3. The first-order chi connectivity index (χ1) is 13.4. The first-order valence-electron chi connectivity index (χ1n) is 9.03. The zero-order chi connectivity index (χ0) is 19.9. The quantitative estimate of drug-likeness (QED) is 0.719. The first-order valence-corrected chi connectivity index (χ1v) is 9.41. The van der Waals surface area contributed by atoms with Crippen LogP contribution >= 0.6 is 11.6 Å². The Balaban J connectivity index is 1.62. The molecule has 28 heavy (non-hydrogen) atoms. The zero-order valence-electron chi connectivity index (χ0n) is 15.4. The van der Waals surface area contributed by atoms with Crippen LogP contribution in [0.4, 0.5) is 0 Å². The number of likely N-dealkylation sites (tertiary alicyclic amines) is 1. The van der Waals surface area contributed by atoms with Crippen LogP contribution in [0.25, 0.3) is 16.7 Å². The summed E-state index contributed by atoms with van der Waals surface area (Å²) in [6.45, 7) is 2.60. The second-order valence-corrected chi connectivity index (χ2v) is 7.61. The van der Waals surface area contributed by atoms with Crippen LogP contribution < -0.4 is 5.56 Å². The van der Waals surface area contributed by atoms with Crippen LogP contribution in [0.1, 0.15) is 19.8 Å². The second-order valence-electron chi connectivity index (χ2n) is 7.18. The summed E-state index contributed by atoms with van der Waals surface area (Å²) in [6.07, 6.45) is 3.76. The summed E-state index contributed by atoms with van der Waals surface area (Å²) in [5.41, 5.74) is -0.106. The van der Waals surface area contributed by atoms with E-state index in [1.807, 2.05) is 0 Å². The van der Waals surface area contributed by atoms with Gasteiger partial charge in [-0.15, -0.1) is 0 Å². The number of amides is 1. The van der Waals surface area contributed by atoms with E-state index in [1.165, 1.54) is 24.0 Å². The average Bonchev–Trinajstić information content (AvgIpc) is 3.10. The zero-order valence-corrected chi connectivity index (χ0v) is 16.1. The molecule has 0 unspecified atom stereocenters. The van der Waals surface area contributed by atoms with Gasteiger partial charge in [0.2, 0.25) is 5.91 Å². The molecule has 1 aliphatic heterocycles. The van der Waals surface area contributed by atoms with Crippen molar-refractivity contribution in [1.82, 2.24) is 24.2 Å². The van der Waals surface area contributed by atoms with Crippen LogP contribution in [-0.2, 0) is 11.3 Å². The molecule has 0 bridgehead atoms. The molecule has 0 aliphatic carbocycles. The molecule has 0 atom stereocenters. The number of aromatic nitrogens is 4. The van der Waals surface area contributed by atoms with Crippen LogP contribution in [0.2, 0.25) is 5.02 Å². The number of halogens is 1. The highest BCUT2D eigenvalue weighted by atomic mass is 35.5. The van der Waals surface area contributed by atoms with Crippen molar-refractivity contribution in [3.63, 3.8) is 0 Å². The second kappa shape index (κ2) is 7.03. The Labute approximate surface area is 166 Å². The fourth-order valence-corrected chi connectivity index (χ4v) is 3.67. The van der Waals surface area contributed by atoms with E-state index in [2.05, 4.69) is 10.1 Å². The Kier molecular flexibility index (Phi) is 4.68. The molecule has 1 N–H and O–H groups in total. The fraction of sp³-hybridized carbons (Fsp3) is 0.368. The van der Waals surface area contributed by atoms with Gasteiger partial charge in [-0.2, -0.15) is 5.10 Å². The molecule has 4 rings (SSSR count). The van der Waals surface area contributed by atoms with Crippen molar-refractivity contribution in [1.29, 1.82) is 0 Å². The van der Waals surface area contributed by atoms with Crippen molar-refractivity contribution < 1.29 is 9.90 Å². The number of aliphatic hydroxyl groups is 1. The fourth-order valence-electron chi connectivity index (χ4n) is 3.55. The lowest BCUT2D eigenvalue weighted by molar-refractivity contribution is -0.133. The lowest BCUT2D eigenvalue weighted by Crippen LogP contribution is -2.49. The largest absolute Gasteiger partial charge is 0.388 e. The van der Waals surface area contributed by atoms with Crippen molar-refractivity contribution in [2.75, 3.05) is 13.1 Å². The Hall–Kier alpha value is -2.71. The van der Waals surface area contributed by atoms with E-state index in [0.717, 1.165) is 5.69 Å². The van der Waals surface area contributed by atoms with E-state index in [4.69, 9.17) is 11.6 Å². The summed E-state index contributed by atoms with van der Waals surface area (Å²) in [5, 5.41) is 16.1. The molecule has 1 aromatic carbocycles. The third-order valence-electron chi connectivity index (χ3n) is 5.23. The van der Waals surface area contributed by atoms with Gasteiger partial charge in [0.15, 0.2) is 5.65 Å². The smallest absolute Gasteiger partial charge is 0.264 e. The van der Waals surface area contributed by atoms with Crippen LogP contribution in [-0.4, -0.2) is 53.9 Å². The predicted molar refractivity (Wildman–Crippen MR) is 105 cm³/mol. The molecule has 1 saturated heterocycles. The van der Waals surface area contributed by atoms with Crippen LogP contribution in [0.15, 0.2) is 41.6 Å². The van der Waals surface area contributed by atoms with E-state index in [0.29, 0.717) is 42.0 Å². The summed E-state index contributed by atoms with van der Waals surface area (Å²) in [4.78, 5) is 30.5. The normalized spacial score (nSPS) is 16.5. The van der Waals surface area contributed by atoms with Crippen molar-refractivity contribution in [2.45, 2.75) is 31.9 Å². The molecule has 9 heteroatoms. The summed E-state index contributed by atoms with van der Waals surface area (Å²) in [5.74, 6) is -0.00285. The Morgan fingerprint density at radius 1 is 1.25 bits per heavy atom. The molecule has 0 spiro atoms. The van der Waals surface area contributed by atoms with E-state index in [1.54, 1.807) is 33.8 Å². The Bertz CT molecular complexity index is 1080. The molecule has 3 aromatic rings. The van der Waals surface area contributed by atoms with Gasteiger partial charge < -0.3 is 10.0 Å². The maximum absolute atomic E-state index is 12.9. The van der Waals surface area contributed by atoms with Crippen molar-refractivity contribution in [2.24, 2.45) is 0 Å². The van der Waals surface area contributed by atoms with Crippen molar-refractivity contribution >= 4 is 28.5 Å². The van der Waals surface area contributed by atoms with Crippen LogP contribution in [0.3, 0.4) is 0 Å². The molecular formula is C19H20ClN5O3. The van der Waals surface area contributed by atoms with Gasteiger partial charge in [-0.05, 0) is 37.1 Å². The van der Waals surface area contributed by atoms with Crippen LogP contribution in [0, 0.1) is 0 Å². The highest BCUT2D eigenvalue weighted by Crippen LogP contribution is 2.24. The van der Waals surface area contributed by atoms with Crippen molar-refractivity contribution in [3.05, 3.63) is 52.2 Å². The van der Waals surface area contributed by atoms with Gasteiger partial charge in [0.25, 0.3) is 5.56 Å². The molecular weight excluding hydrogens is 382 g/mol. The van der Waals surface area contributed by atoms with Crippen molar-refractivity contribution in [3.8, 4) is 5.69 Å². The van der Waals surface area contributed by atoms with Gasteiger partial charge >= 0.3 is 0 Å². The summed E-state index contributed by atoms with van der Waals surface area (Å²) in [6, 6.07) is 7.09. The van der Waals surface area contributed by atoms with E-state index < -0.39 is 5.60 Å². The Morgan fingerprint density at radius 3 is 2.57 bits per heavy atom. The average molecular weight is 402 g/mol. The van der Waals surface area contributed by atoms with E-state index in [9.17, 15) is 14.7 Å². The predicted octanol–water partition coefficient (Wildman–Crippen LogP) is 1.61. The summed E-state index contributed by atoms with van der Waals surface area (Å²) in [7, 11) is 0. The molecule has 1 amide bonds. The lowest BCUT2D eigenvalue weighted by atomic mass is 9.91. The summed E-state index contributed by atoms with van der Waals surface area (Å²) >= 11 is 5.93. The van der Waals surface area contributed by atoms with Gasteiger partial charge in [0.05, 0.1) is 24.0 Å². The van der Waals surface area contributed by atoms with Gasteiger partial charge in [-0.1, -0.05) is 11.6 Å².